The maximum atomic E-state index is 5.60. The zero-order chi connectivity index (χ0) is 6.91. The van der Waals surface area contributed by atoms with Gasteiger partial charge in [0.05, 0.1) is 5.60 Å². The van der Waals surface area contributed by atoms with Gasteiger partial charge in [-0.1, -0.05) is 13.8 Å². The first-order valence-corrected chi connectivity index (χ1v) is 3.79. The van der Waals surface area contributed by atoms with Crippen LogP contribution in [0.2, 0.25) is 0 Å². The van der Waals surface area contributed by atoms with Crippen LogP contribution in [0.3, 0.4) is 0 Å². The van der Waals surface area contributed by atoms with Crippen LogP contribution in [0.15, 0.2) is 0 Å². The molecule has 1 fully saturated rings. The predicted octanol–water partition coefficient (Wildman–Crippen LogP) is 2.21. The molecule has 0 aromatic heterocycles. The smallest absolute Gasteiger partial charge is 0.0678 e. The van der Waals surface area contributed by atoms with Gasteiger partial charge in [-0.05, 0) is 25.7 Å². The Morgan fingerprint density at radius 3 is 2.33 bits per heavy atom. The normalized spacial score (nSPS) is 36.0. The molecule has 0 amide bonds. The van der Waals surface area contributed by atoms with Crippen LogP contribution < -0.4 is 0 Å². The first kappa shape index (κ1) is 7.07. The number of rotatable bonds is 1. The Balaban J connectivity index is 2.51. The number of ether oxygens (including phenoxy) is 1. The van der Waals surface area contributed by atoms with Gasteiger partial charge in [0.25, 0.3) is 0 Å². The molecule has 0 N–H and O–H groups in total. The molecule has 0 spiro atoms. The van der Waals surface area contributed by atoms with Crippen molar-refractivity contribution in [2.45, 2.75) is 39.2 Å². The summed E-state index contributed by atoms with van der Waals surface area (Å²) in [6.07, 6.45) is 2.49. The Labute approximate surface area is 57.4 Å². The van der Waals surface area contributed by atoms with Crippen molar-refractivity contribution in [1.29, 1.82) is 0 Å². The van der Waals surface area contributed by atoms with Crippen LogP contribution in [0.1, 0.15) is 33.6 Å². The molecule has 0 aliphatic carbocycles. The van der Waals surface area contributed by atoms with Crippen LogP contribution in [0, 0.1) is 5.92 Å². The summed E-state index contributed by atoms with van der Waals surface area (Å²) in [6.45, 7) is 7.63. The zero-order valence-corrected chi connectivity index (χ0v) is 6.61. The monoisotopic (exact) mass is 128 g/mol. The highest BCUT2D eigenvalue weighted by Gasteiger charge is 2.32. The summed E-state index contributed by atoms with van der Waals surface area (Å²) in [5, 5.41) is 0. The summed E-state index contributed by atoms with van der Waals surface area (Å²) in [5.41, 5.74) is 0.194. The third kappa shape index (κ3) is 1.26. The van der Waals surface area contributed by atoms with E-state index in [4.69, 9.17) is 4.74 Å². The highest BCUT2D eigenvalue weighted by atomic mass is 16.5. The first-order chi connectivity index (χ1) is 4.15. The molecule has 1 aliphatic rings. The molecule has 1 atom stereocenters. The molecule has 1 heteroatoms. The molecule has 1 saturated heterocycles. The fourth-order valence-corrected chi connectivity index (χ4v) is 1.26. The zero-order valence-electron chi connectivity index (χ0n) is 6.61. The Bertz CT molecular complexity index is 90.7. The van der Waals surface area contributed by atoms with Crippen LogP contribution in [-0.4, -0.2) is 12.2 Å². The fraction of sp³-hybridized carbons (Fsp3) is 1.00. The summed E-state index contributed by atoms with van der Waals surface area (Å²) in [7, 11) is 0. The topological polar surface area (TPSA) is 9.23 Å². The summed E-state index contributed by atoms with van der Waals surface area (Å²) >= 11 is 0. The molecule has 54 valence electrons. The summed E-state index contributed by atoms with van der Waals surface area (Å²) in [5.74, 6) is 0.667. The molecule has 1 aliphatic heterocycles. The minimum atomic E-state index is 0.194. The molecule has 1 nitrogen and oxygen atoms in total. The van der Waals surface area contributed by atoms with Crippen LogP contribution in [0.5, 0.6) is 0 Å². The Morgan fingerprint density at radius 1 is 1.44 bits per heavy atom. The molecule has 1 rings (SSSR count). The average Bonchev–Trinajstić information content (AvgIpc) is 2.16. The van der Waals surface area contributed by atoms with Crippen LogP contribution in [0.4, 0.5) is 0 Å². The SMILES string of the molecule is CC(C)C1(C)CCCO1. The lowest BCUT2D eigenvalue weighted by Gasteiger charge is -2.27. The molecular formula is C8H16O. The molecule has 0 radical (unpaired) electrons. The molecule has 1 heterocycles. The second-order valence-corrected chi connectivity index (χ2v) is 3.42. The van der Waals surface area contributed by atoms with E-state index in [0.717, 1.165) is 6.61 Å². The largest absolute Gasteiger partial charge is 0.375 e. The van der Waals surface area contributed by atoms with Crippen LogP contribution >= 0.6 is 0 Å². The van der Waals surface area contributed by atoms with Gasteiger partial charge < -0.3 is 4.74 Å². The summed E-state index contributed by atoms with van der Waals surface area (Å²) in [4.78, 5) is 0. The van der Waals surface area contributed by atoms with Crippen molar-refractivity contribution in [3.8, 4) is 0 Å². The van der Waals surface area contributed by atoms with Gasteiger partial charge >= 0.3 is 0 Å². The third-order valence-corrected chi connectivity index (χ3v) is 2.47. The van der Waals surface area contributed by atoms with Crippen molar-refractivity contribution >= 4 is 0 Å². The van der Waals surface area contributed by atoms with Gasteiger partial charge in [0.1, 0.15) is 0 Å². The van der Waals surface area contributed by atoms with Crippen molar-refractivity contribution in [2.24, 2.45) is 5.92 Å². The Morgan fingerprint density at radius 2 is 2.11 bits per heavy atom. The highest BCUT2D eigenvalue weighted by molar-refractivity contribution is 4.82. The molecular weight excluding hydrogens is 112 g/mol. The van der Waals surface area contributed by atoms with Crippen molar-refractivity contribution in [1.82, 2.24) is 0 Å². The average molecular weight is 128 g/mol. The van der Waals surface area contributed by atoms with Gasteiger partial charge in [0.2, 0.25) is 0 Å². The second-order valence-electron chi connectivity index (χ2n) is 3.42. The maximum absolute atomic E-state index is 5.60. The quantitative estimate of drug-likeness (QED) is 0.526. The molecule has 0 bridgehead atoms. The second kappa shape index (κ2) is 2.30. The Hall–Kier alpha value is -0.0400. The lowest BCUT2D eigenvalue weighted by Crippen LogP contribution is -2.29. The van der Waals surface area contributed by atoms with Gasteiger partial charge in [-0.15, -0.1) is 0 Å². The van der Waals surface area contributed by atoms with E-state index < -0.39 is 0 Å². The summed E-state index contributed by atoms with van der Waals surface area (Å²) < 4.78 is 5.60. The molecule has 0 aromatic carbocycles. The van der Waals surface area contributed by atoms with E-state index >= 15 is 0 Å². The van der Waals surface area contributed by atoms with E-state index in [-0.39, 0.29) is 5.60 Å². The molecule has 9 heavy (non-hydrogen) atoms. The molecule has 0 aromatic rings. The van der Waals surface area contributed by atoms with Crippen molar-refractivity contribution in [3.05, 3.63) is 0 Å². The van der Waals surface area contributed by atoms with Gasteiger partial charge in [0.15, 0.2) is 0 Å². The highest BCUT2D eigenvalue weighted by Crippen LogP contribution is 2.31. The molecule has 1 unspecified atom stereocenters. The van der Waals surface area contributed by atoms with Crippen molar-refractivity contribution < 1.29 is 4.74 Å². The first-order valence-electron chi connectivity index (χ1n) is 3.79. The number of hydrogen-bond acceptors (Lipinski definition) is 1. The van der Waals surface area contributed by atoms with Crippen molar-refractivity contribution in [2.75, 3.05) is 6.61 Å². The van der Waals surface area contributed by atoms with E-state index in [0.29, 0.717) is 5.92 Å². The van der Waals surface area contributed by atoms with Crippen molar-refractivity contribution in [3.63, 3.8) is 0 Å². The fourth-order valence-electron chi connectivity index (χ4n) is 1.26. The van der Waals surface area contributed by atoms with Gasteiger partial charge in [-0.25, -0.2) is 0 Å². The molecule has 0 saturated carbocycles. The minimum absolute atomic E-state index is 0.194. The van der Waals surface area contributed by atoms with Gasteiger partial charge in [0, 0.05) is 6.61 Å². The van der Waals surface area contributed by atoms with E-state index in [1.807, 2.05) is 0 Å². The van der Waals surface area contributed by atoms with E-state index in [2.05, 4.69) is 20.8 Å². The standard InChI is InChI=1S/C8H16O/c1-7(2)8(3)5-4-6-9-8/h7H,4-6H2,1-3H3. The van der Waals surface area contributed by atoms with E-state index in [1.165, 1.54) is 12.8 Å². The summed E-state index contributed by atoms with van der Waals surface area (Å²) in [6, 6.07) is 0. The van der Waals surface area contributed by atoms with Crippen LogP contribution in [-0.2, 0) is 4.74 Å². The minimum Gasteiger partial charge on any atom is -0.375 e. The Kier molecular flexibility index (Phi) is 1.80. The van der Waals surface area contributed by atoms with Gasteiger partial charge in [-0.2, -0.15) is 0 Å². The van der Waals surface area contributed by atoms with E-state index in [1.54, 1.807) is 0 Å². The number of hydrogen-bond donors (Lipinski definition) is 0. The van der Waals surface area contributed by atoms with Gasteiger partial charge in [-0.3, -0.25) is 0 Å². The lowest BCUT2D eigenvalue weighted by atomic mass is 9.90. The van der Waals surface area contributed by atoms with Crippen LogP contribution in [0.25, 0.3) is 0 Å². The van der Waals surface area contributed by atoms with E-state index in [9.17, 15) is 0 Å². The maximum Gasteiger partial charge on any atom is 0.0678 e. The third-order valence-electron chi connectivity index (χ3n) is 2.47. The lowest BCUT2D eigenvalue weighted by molar-refractivity contribution is -0.0170. The predicted molar refractivity (Wildman–Crippen MR) is 38.4 cm³/mol.